The second kappa shape index (κ2) is 10.4. The topological polar surface area (TPSA) is 114 Å². The van der Waals surface area contributed by atoms with E-state index in [1.807, 2.05) is 6.92 Å². The second-order valence-corrected chi connectivity index (χ2v) is 6.32. The van der Waals surface area contributed by atoms with Crippen LogP contribution in [0.15, 0.2) is 24.3 Å². The fraction of sp³-hybridized carbons (Fsp3) is 0.474. The monoisotopic (exact) mass is 391 g/mol. The first-order valence-electron chi connectivity index (χ1n) is 9.10. The van der Waals surface area contributed by atoms with Crippen molar-refractivity contribution in [3.05, 3.63) is 29.8 Å². The number of hydrogen-bond acceptors (Lipinski definition) is 7. The van der Waals surface area contributed by atoms with Crippen LogP contribution in [0.3, 0.4) is 0 Å². The number of amides is 2. The number of hydrogen-bond donors (Lipinski definition) is 2. The molecule has 2 rings (SSSR count). The Morgan fingerprint density at radius 2 is 1.96 bits per heavy atom. The van der Waals surface area contributed by atoms with Crippen molar-refractivity contribution in [1.82, 2.24) is 10.2 Å². The number of carbonyl (C=O) groups excluding carboxylic acids is 4. The van der Waals surface area contributed by atoms with Gasteiger partial charge >= 0.3 is 11.9 Å². The third kappa shape index (κ3) is 6.05. The SMILES string of the molecule is CCCOC(=O)c1ccc(NC(=O)CN2CCNC(=O)[C@@H]2CC(=O)OC)cc1. The van der Waals surface area contributed by atoms with E-state index in [0.717, 1.165) is 6.42 Å². The van der Waals surface area contributed by atoms with E-state index >= 15 is 0 Å². The molecule has 0 aromatic heterocycles. The molecule has 1 atom stereocenters. The average molecular weight is 391 g/mol. The van der Waals surface area contributed by atoms with Gasteiger partial charge in [0.2, 0.25) is 11.8 Å². The first kappa shape index (κ1) is 21.4. The van der Waals surface area contributed by atoms with Gasteiger partial charge in [-0.2, -0.15) is 0 Å². The van der Waals surface area contributed by atoms with Crippen molar-refractivity contribution in [2.75, 3.05) is 38.7 Å². The zero-order valence-electron chi connectivity index (χ0n) is 16.0. The molecule has 1 aromatic carbocycles. The molecular weight excluding hydrogens is 366 g/mol. The van der Waals surface area contributed by atoms with Gasteiger partial charge < -0.3 is 20.1 Å². The number of esters is 2. The summed E-state index contributed by atoms with van der Waals surface area (Å²) in [6.07, 6.45) is 0.621. The summed E-state index contributed by atoms with van der Waals surface area (Å²) in [5, 5.41) is 5.40. The van der Waals surface area contributed by atoms with Crippen LogP contribution in [-0.4, -0.2) is 68.0 Å². The van der Waals surface area contributed by atoms with Crippen molar-refractivity contribution in [3.8, 4) is 0 Å². The summed E-state index contributed by atoms with van der Waals surface area (Å²) in [7, 11) is 1.25. The number of nitrogens with zero attached hydrogens (tertiary/aromatic N) is 1. The lowest BCUT2D eigenvalue weighted by molar-refractivity contribution is -0.146. The third-order valence-corrected chi connectivity index (χ3v) is 4.22. The first-order chi connectivity index (χ1) is 13.4. The van der Waals surface area contributed by atoms with Crippen molar-refractivity contribution in [3.63, 3.8) is 0 Å². The number of benzene rings is 1. The molecule has 1 fully saturated rings. The van der Waals surface area contributed by atoms with Gasteiger partial charge in [-0.1, -0.05) is 6.92 Å². The molecule has 0 saturated carbocycles. The largest absolute Gasteiger partial charge is 0.469 e. The fourth-order valence-electron chi connectivity index (χ4n) is 2.77. The van der Waals surface area contributed by atoms with E-state index < -0.39 is 18.0 Å². The van der Waals surface area contributed by atoms with E-state index in [-0.39, 0.29) is 24.8 Å². The molecule has 0 spiro atoms. The summed E-state index contributed by atoms with van der Waals surface area (Å²) in [6.45, 7) is 3.07. The van der Waals surface area contributed by atoms with Crippen molar-refractivity contribution in [1.29, 1.82) is 0 Å². The van der Waals surface area contributed by atoms with Crippen LogP contribution in [-0.2, 0) is 23.9 Å². The normalized spacial score (nSPS) is 16.8. The molecule has 0 unspecified atom stereocenters. The summed E-state index contributed by atoms with van der Waals surface area (Å²) in [5.74, 6) is -1.56. The van der Waals surface area contributed by atoms with E-state index in [9.17, 15) is 19.2 Å². The van der Waals surface area contributed by atoms with Gasteiger partial charge in [0.05, 0.1) is 32.2 Å². The molecule has 152 valence electrons. The molecule has 0 radical (unpaired) electrons. The Balaban J connectivity index is 1.93. The number of carbonyl (C=O) groups is 4. The predicted octanol–water partition coefficient (Wildman–Crippen LogP) is 0.555. The van der Waals surface area contributed by atoms with Crippen LogP contribution >= 0.6 is 0 Å². The second-order valence-electron chi connectivity index (χ2n) is 6.32. The number of piperazine rings is 1. The lowest BCUT2D eigenvalue weighted by Gasteiger charge is -2.33. The fourth-order valence-corrected chi connectivity index (χ4v) is 2.77. The van der Waals surface area contributed by atoms with Gasteiger partial charge in [-0.25, -0.2) is 4.79 Å². The van der Waals surface area contributed by atoms with Crippen LogP contribution < -0.4 is 10.6 Å². The molecule has 28 heavy (non-hydrogen) atoms. The van der Waals surface area contributed by atoms with Gasteiger partial charge in [-0.05, 0) is 30.7 Å². The minimum absolute atomic E-state index is 0.0463. The lowest BCUT2D eigenvalue weighted by atomic mass is 10.1. The zero-order valence-corrected chi connectivity index (χ0v) is 16.0. The summed E-state index contributed by atoms with van der Waals surface area (Å²) in [6, 6.07) is 5.61. The molecular formula is C19H25N3O6. The summed E-state index contributed by atoms with van der Waals surface area (Å²) in [5.41, 5.74) is 0.917. The molecule has 0 bridgehead atoms. The molecule has 1 aromatic rings. The number of rotatable bonds is 8. The van der Waals surface area contributed by atoms with Crippen LogP contribution in [0.25, 0.3) is 0 Å². The van der Waals surface area contributed by atoms with Gasteiger partial charge in [0, 0.05) is 18.8 Å². The Morgan fingerprint density at radius 1 is 1.25 bits per heavy atom. The molecule has 1 heterocycles. The van der Waals surface area contributed by atoms with Gasteiger partial charge in [0.25, 0.3) is 0 Å². The van der Waals surface area contributed by atoms with Crippen LogP contribution in [0.5, 0.6) is 0 Å². The van der Waals surface area contributed by atoms with Crippen molar-refractivity contribution >= 4 is 29.4 Å². The van der Waals surface area contributed by atoms with Gasteiger partial charge in [0.15, 0.2) is 0 Å². The van der Waals surface area contributed by atoms with Crippen molar-refractivity contribution in [2.45, 2.75) is 25.8 Å². The lowest BCUT2D eigenvalue weighted by Crippen LogP contribution is -2.57. The third-order valence-electron chi connectivity index (χ3n) is 4.22. The Morgan fingerprint density at radius 3 is 2.61 bits per heavy atom. The van der Waals surface area contributed by atoms with Crippen LogP contribution in [0.4, 0.5) is 5.69 Å². The summed E-state index contributed by atoms with van der Waals surface area (Å²) < 4.78 is 9.67. The van der Waals surface area contributed by atoms with Crippen LogP contribution in [0, 0.1) is 0 Å². The quantitative estimate of drug-likeness (QED) is 0.622. The molecule has 0 aliphatic carbocycles. The van der Waals surface area contributed by atoms with E-state index in [1.165, 1.54) is 7.11 Å². The average Bonchev–Trinajstić information content (AvgIpc) is 2.69. The van der Waals surface area contributed by atoms with Crippen molar-refractivity contribution < 1.29 is 28.7 Å². The summed E-state index contributed by atoms with van der Waals surface area (Å²) in [4.78, 5) is 49.4. The van der Waals surface area contributed by atoms with E-state index in [1.54, 1.807) is 29.2 Å². The standard InChI is InChI=1S/C19H25N3O6/c1-3-10-28-19(26)13-4-6-14(7-5-13)21-16(23)12-22-9-8-20-18(25)15(22)11-17(24)27-2/h4-7,15H,3,8-12H2,1-2H3,(H,20,25)(H,21,23)/t15-/m0/s1. The number of anilines is 1. The Kier molecular flexibility index (Phi) is 7.94. The number of methoxy groups -OCH3 is 1. The predicted molar refractivity (Wildman–Crippen MR) is 101 cm³/mol. The number of ether oxygens (including phenoxy) is 2. The zero-order chi connectivity index (χ0) is 20.5. The highest BCUT2D eigenvalue weighted by Crippen LogP contribution is 2.13. The number of nitrogens with one attached hydrogen (secondary N) is 2. The highest BCUT2D eigenvalue weighted by atomic mass is 16.5. The Labute approximate surface area is 163 Å². The van der Waals surface area contributed by atoms with Crippen molar-refractivity contribution in [2.24, 2.45) is 0 Å². The minimum atomic E-state index is -0.748. The minimum Gasteiger partial charge on any atom is -0.469 e. The first-order valence-corrected chi connectivity index (χ1v) is 9.10. The highest BCUT2D eigenvalue weighted by molar-refractivity contribution is 5.95. The smallest absolute Gasteiger partial charge is 0.338 e. The van der Waals surface area contributed by atoms with Crippen LogP contribution in [0.1, 0.15) is 30.1 Å². The van der Waals surface area contributed by atoms with Gasteiger partial charge in [0.1, 0.15) is 6.04 Å². The van der Waals surface area contributed by atoms with Gasteiger partial charge in [-0.3, -0.25) is 19.3 Å². The summed E-state index contributed by atoms with van der Waals surface area (Å²) >= 11 is 0. The molecule has 1 saturated heterocycles. The maximum Gasteiger partial charge on any atom is 0.338 e. The maximum absolute atomic E-state index is 12.4. The molecule has 1 aliphatic rings. The Bertz CT molecular complexity index is 719. The highest BCUT2D eigenvalue weighted by Gasteiger charge is 2.33. The molecule has 9 heteroatoms. The van der Waals surface area contributed by atoms with Gasteiger partial charge in [-0.15, -0.1) is 0 Å². The van der Waals surface area contributed by atoms with E-state index in [0.29, 0.717) is 30.9 Å². The van der Waals surface area contributed by atoms with E-state index in [2.05, 4.69) is 15.4 Å². The molecule has 9 nitrogen and oxygen atoms in total. The molecule has 1 aliphatic heterocycles. The Hall–Kier alpha value is -2.94. The molecule has 2 amide bonds. The van der Waals surface area contributed by atoms with E-state index in [4.69, 9.17) is 4.74 Å². The molecule has 2 N–H and O–H groups in total. The maximum atomic E-state index is 12.4. The van der Waals surface area contributed by atoms with Crippen LogP contribution in [0.2, 0.25) is 0 Å².